The van der Waals surface area contributed by atoms with Crippen LogP contribution >= 0.6 is 0 Å². The van der Waals surface area contributed by atoms with Crippen molar-refractivity contribution in [1.29, 1.82) is 0 Å². The average molecular weight is 285 g/mol. The van der Waals surface area contributed by atoms with E-state index in [1.807, 2.05) is 24.3 Å². The van der Waals surface area contributed by atoms with E-state index in [9.17, 15) is 4.79 Å². The van der Waals surface area contributed by atoms with Crippen LogP contribution in [0, 0.1) is 0 Å². The lowest BCUT2D eigenvalue weighted by Gasteiger charge is -2.07. The molecule has 0 aliphatic rings. The third-order valence-corrected chi connectivity index (χ3v) is 3.01. The summed E-state index contributed by atoms with van der Waals surface area (Å²) in [5.41, 5.74) is 8.26. The number of ether oxygens (including phenoxy) is 1. The van der Waals surface area contributed by atoms with Gasteiger partial charge in [0.05, 0.1) is 12.2 Å². The van der Waals surface area contributed by atoms with E-state index in [0.717, 1.165) is 11.1 Å². The van der Waals surface area contributed by atoms with Crippen molar-refractivity contribution in [3.8, 4) is 0 Å². The fourth-order valence-corrected chi connectivity index (χ4v) is 1.82. The highest BCUT2D eigenvalue weighted by Gasteiger charge is 2.06. The highest BCUT2D eigenvalue weighted by Crippen LogP contribution is 2.09. The molecule has 0 aliphatic heterocycles. The predicted molar refractivity (Wildman–Crippen MR) is 81.9 cm³/mol. The Balaban J connectivity index is 1.92. The van der Waals surface area contributed by atoms with Crippen molar-refractivity contribution in [3.63, 3.8) is 0 Å². The van der Waals surface area contributed by atoms with Crippen molar-refractivity contribution >= 4 is 11.8 Å². The normalized spacial score (nSPS) is 10.2. The largest absolute Gasteiger partial charge is 0.462 e. The van der Waals surface area contributed by atoms with Crippen LogP contribution < -0.4 is 11.1 Å². The van der Waals surface area contributed by atoms with Gasteiger partial charge in [-0.3, -0.25) is 0 Å². The molecule has 110 valence electrons. The molecule has 0 saturated heterocycles. The Kier molecular flexibility index (Phi) is 5.29. The second-order valence-corrected chi connectivity index (χ2v) is 4.53. The van der Waals surface area contributed by atoms with Gasteiger partial charge in [0, 0.05) is 19.3 Å². The third kappa shape index (κ3) is 4.29. The third-order valence-electron chi connectivity index (χ3n) is 3.01. The van der Waals surface area contributed by atoms with E-state index < -0.39 is 0 Å². The molecule has 0 bridgehead atoms. The van der Waals surface area contributed by atoms with Crippen molar-refractivity contribution in [2.75, 3.05) is 11.9 Å². The van der Waals surface area contributed by atoms with Gasteiger partial charge < -0.3 is 15.8 Å². The van der Waals surface area contributed by atoms with E-state index in [0.29, 0.717) is 31.1 Å². The molecule has 1 heterocycles. The van der Waals surface area contributed by atoms with Crippen molar-refractivity contribution < 1.29 is 9.53 Å². The SMILES string of the molecule is CCOC(=O)c1ccc(NCc2ccc(CN)cc2)nc1. The van der Waals surface area contributed by atoms with Gasteiger partial charge in [-0.2, -0.15) is 0 Å². The van der Waals surface area contributed by atoms with Crippen LogP contribution in [0.15, 0.2) is 42.6 Å². The van der Waals surface area contributed by atoms with E-state index in [-0.39, 0.29) is 5.97 Å². The summed E-state index contributed by atoms with van der Waals surface area (Å²) in [5, 5.41) is 3.20. The van der Waals surface area contributed by atoms with Gasteiger partial charge in [-0.15, -0.1) is 0 Å². The molecular weight excluding hydrogens is 266 g/mol. The van der Waals surface area contributed by atoms with Crippen molar-refractivity contribution in [1.82, 2.24) is 4.98 Å². The number of carbonyl (C=O) groups excluding carboxylic acids is 1. The van der Waals surface area contributed by atoms with E-state index in [1.54, 1.807) is 19.1 Å². The first-order chi connectivity index (χ1) is 10.2. The van der Waals surface area contributed by atoms with E-state index in [1.165, 1.54) is 6.20 Å². The van der Waals surface area contributed by atoms with Crippen LogP contribution in [-0.4, -0.2) is 17.6 Å². The number of hydrogen-bond acceptors (Lipinski definition) is 5. The topological polar surface area (TPSA) is 77.2 Å². The van der Waals surface area contributed by atoms with E-state index in [2.05, 4.69) is 10.3 Å². The maximum atomic E-state index is 11.5. The molecule has 2 aromatic rings. The molecule has 0 fully saturated rings. The summed E-state index contributed by atoms with van der Waals surface area (Å²) in [6, 6.07) is 11.5. The fraction of sp³-hybridized carbons (Fsp3) is 0.250. The molecule has 1 aromatic heterocycles. The molecule has 1 aromatic carbocycles. The van der Waals surface area contributed by atoms with Crippen molar-refractivity contribution in [2.45, 2.75) is 20.0 Å². The number of benzene rings is 1. The second-order valence-electron chi connectivity index (χ2n) is 4.53. The van der Waals surface area contributed by atoms with Crippen LogP contribution in [0.25, 0.3) is 0 Å². The first-order valence-electron chi connectivity index (χ1n) is 6.88. The van der Waals surface area contributed by atoms with Crippen LogP contribution in [0.2, 0.25) is 0 Å². The number of esters is 1. The van der Waals surface area contributed by atoms with Gasteiger partial charge in [0.1, 0.15) is 5.82 Å². The number of hydrogen-bond donors (Lipinski definition) is 2. The Morgan fingerprint density at radius 3 is 2.48 bits per heavy atom. The van der Waals surface area contributed by atoms with E-state index >= 15 is 0 Å². The second kappa shape index (κ2) is 7.40. The zero-order valence-electron chi connectivity index (χ0n) is 12.0. The molecule has 0 spiro atoms. The van der Waals surface area contributed by atoms with Crippen LogP contribution in [0.3, 0.4) is 0 Å². The molecule has 21 heavy (non-hydrogen) atoms. The molecule has 5 heteroatoms. The highest BCUT2D eigenvalue weighted by molar-refractivity contribution is 5.89. The minimum Gasteiger partial charge on any atom is -0.462 e. The molecular formula is C16H19N3O2. The van der Waals surface area contributed by atoms with Crippen molar-refractivity contribution in [3.05, 3.63) is 59.3 Å². The lowest BCUT2D eigenvalue weighted by atomic mass is 10.1. The molecule has 0 aliphatic carbocycles. The summed E-state index contributed by atoms with van der Waals surface area (Å²) in [6.07, 6.45) is 1.51. The molecule has 0 unspecified atom stereocenters. The van der Waals surface area contributed by atoms with Crippen LogP contribution in [-0.2, 0) is 17.8 Å². The fourth-order valence-electron chi connectivity index (χ4n) is 1.82. The number of nitrogens with one attached hydrogen (secondary N) is 1. The van der Waals surface area contributed by atoms with Crippen molar-refractivity contribution in [2.24, 2.45) is 5.73 Å². The first kappa shape index (κ1) is 15.0. The van der Waals surface area contributed by atoms with Gasteiger partial charge in [0.25, 0.3) is 0 Å². The van der Waals surface area contributed by atoms with Gasteiger partial charge in [-0.05, 0) is 30.2 Å². The maximum absolute atomic E-state index is 11.5. The van der Waals surface area contributed by atoms with Crippen LogP contribution in [0.1, 0.15) is 28.4 Å². The van der Waals surface area contributed by atoms with Gasteiger partial charge >= 0.3 is 5.97 Å². The van der Waals surface area contributed by atoms with Gasteiger partial charge in [0.15, 0.2) is 0 Å². The maximum Gasteiger partial charge on any atom is 0.339 e. The zero-order valence-corrected chi connectivity index (χ0v) is 12.0. The summed E-state index contributed by atoms with van der Waals surface area (Å²) in [7, 11) is 0. The Hall–Kier alpha value is -2.40. The highest BCUT2D eigenvalue weighted by atomic mass is 16.5. The lowest BCUT2D eigenvalue weighted by Crippen LogP contribution is -2.06. The Morgan fingerprint density at radius 2 is 1.90 bits per heavy atom. The number of aromatic nitrogens is 1. The quantitative estimate of drug-likeness (QED) is 0.796. The van der Waals surface area contributed by atoms with Crippen LogP contribution in [0.4, 0.5) is 5.82 Å². The van der Waals surface area contributed by atoms with E-state index in [4.69, 9.17) is 10.5 Å². The monoisotopic (exact) mass is 285 g/mol. The summed E-state index contributed by atoms with van der Waals surface area (Å²) < 4.78 is 4.91. The van der Waals surface area contributed by atoms with Gasteiger partial charge in [0.2, 0.25) is 0 Å². The Morgan fingerprint density at radius 1 is 1.19 bits per heavy atom. The Labute approximate surface area is 124 Å². The molecule has 0 radical (unpaired) electrons. The number of nitrogens with two attached hydrogens (primary N) is 1. The number of nitrogens with zero attached hydrogens (tertiary/aromatic N) is 1. The molecule has 0 saturated carbocycles. The van der Waals surface area contributed by atoms with Gasteiger partial charge in [-0.1, -0.05) is 24.3 Å². The molecule has 2 rings (SSSR count). The molecule has 0 amide bonds. The lowest BCUT2D eigenvalue weighted by molar-refractivity contribution is 0.0526. The van der Waals surface area contributed by atoms with Crippen LogP contribution in [0.5, 0.6) is 0 Å². The minimum absolute atomic E-state index is 0.353. The molecule has 3 N–H and O–H groups in total. The summed E-state index contributed by atoms with van der Waals surface area (Å²) >= 11 is 0. The standard InChI is InChI=1S/C16H19N3O2/c1-2-21-16(20)14-7-8-15(19-11-14)18-10-13-5-3-12(9-17)4-6-13/h3-8,11H,2,9-10,17H2,1H3,(H,18,19). The number of pyridine rings is 1. The number of rotatable bonds is 6. The number of carbonyl (C=O) groups is 1. The number of anilines is 1. The predicted octanol–water partition coefficient (Wildman–Crippen LogP) is 2.33. The van der Waals surface area contributed by atoms with Gasteiger partial charge in [-0.25, -0.2) is 9.78 Å². The zero-order chi connectivity index (χ0) is 15.1. The molecule has 0 atom stereocenters. The average Bonchev–Trinajstić information content (AvgIpc) is 2.54. The smallest absolute Gasteiger partial charge is 0.339 e. The summed E-state index contributed by atoms with van der Waals surface area (Å²) in [4.78, 5) is 15.7. The summed E-state index contributed by atoms with van der Waals surface area (Å²) in [5.74, 6) is 0.361. The Bertz CT molecular complexity index is 579. The summed E-state index contributed by atoms with van der Waals surface area (Å²) in [6.45, 7) is 3.34. The minimum atomic E-state index is -0.353. The first-order valence-corrected chi connectivity index (χ1v) is 6.88. The molecule has 5 nitrogen and oxygen atoms in total.